The lowest BCUT2D eigenvalue weighted by molar-refractivity contribution is 0.0687. The second-order valence-corrected chi connectivity index (χ2v) is 7.94. The number of aromatic amines is 2. The third-order valence-electron chi connectivity index (χ3n) is 6.09. The Morgan fingerprint density at radius 2 is 2.12 bits per heavy atom. The zero-order valence-electron chi connectivity index (χ0n) is 17.2. The fraction of sp³-hybridized carbons (Fsp3) is 0.125. The molecular weight excluding hydrogens is 427 g/mol. The van der Waals surface area contributed by atoms with E-state index in [0.717, 1.165) is 5.56 Å². The number of hydrogen-bond donors (Lipinski definition) is 3. The Balaban J connectivity index is 1.69. The van der Waals surface area contributed by atoms with Crippen LogP contribution >= 0.6 is 0 Å². The molecule has 4 heterocycles. The van der Waals surface area contributed by atoms with E-state index >= 15 is 0 Å². The van der Waals surface area contributed by atoms with Crippen LogP contribution in [0.2, 0.25) is 0 Å². The van der Waals surface area contributed by atoms with Crippen molar-refractivity contribution >= 4 is 27.9 Å². The fourth-order valence-electron chi connectivity index (χ4n) is 4.64. The van der Waals surface area contributed by atoms with Crippen molar-refractivity contribution in [3.05, 3.63) is 81.9 Å². The SMILES string of the molecule is O=C(O)c1c(-c2ccc[nH]c2=O)c2c3c(ccc2n1Cc1cc2nc[nH]c2cc1F)CCO3. The van der Waals surface area contributed by atoms with Crippen LogP contribution in [0.3, 0.4) is 0 Å². The van der Waals surface area contributed by atoms with Gasteiger partial charge in [-0.05, 0) is 35.9 Å². The normalized spacial score (nSPS) is 12.9. The number of carboxylic acid groups (broad SMARTS) is 1. The Hall–Kier alpha value is -4.40. The zero-order chi connectivity index (χ0) is 22.7. The summed E-state index contributed by atoms with van der Waals surface area (Å²) in [6.07, 6.45) is 3.65. The van der Waals surface area contributed by atoms with Crippen LogP contribution in [-0.4, -0.2) is 37.2 Å². The van der Waals surface area contributed by atoms with E-state index < -0.39 is 17.3 Å². The molecule has 1 aliphatic rings. The van der Waals surface area contributed by atoms with Gasteiger partial charge in [0.25, 0.3) is 5.56 Å². The number of rotatable bonds is 4. The van der Waals surface area contributed by atoms with Gasteiger partial charge < -0.3 is 24.4 Å². The van der Waals surface area contributed by atoms with Gasteiger partial charge in [0, 0.05) is 23.7 Å². The molecule has 1 aliphatic heterocycles. The van der Waals surface area contributed by atoms with E-state index in [1.807, 2.05) is 6.07 Å². The summed E-state index contributed by atoms with van der Waals surface area (Å²) in [4.78, 5) is 34.9. The average Bonchev–Trinajstić information content (AvgIpc) is 3.51. The van der Waals surface area contributed by atoms with Gasteiger partial charge in [-0.25, -0.2) is 14.2 Å². The van der Waals surface area contributed by atoms with E-state index in [4.69, 9.17) is 4.74 Å². The van der Waals surface area contributed by atoms with Crippen molar-refractivity contribution in [3.8, 4) is 16.9 Å². The third-order valence-corrected chi connectivity index (χ3v) is 6.09. The first-order valence-corrected chi connectivity index (χ1v) is 10.4. The van der Waals surface area contributed by atoms with Crippen LogP contribution in [0.4, 0.5) is 4.39 Å². The van der Waals surface area contributed by atoms with E-state index in [9.17, 15) is 19.1 Å². The van der Waals surface area contributed by atoms with Gasteiger partial charge >= 0.3 is 5.97 Å². The van der Waals surface area contributed by atoms with Crippen molar-refractivity contribution in [1.29, 1.82) is 0 Å². The van der Waals surface area contributed by atoms with E-state index in [1.54, 1.807) is 24.3 Å². The van der Waals surface area contributed by atoms with E-state index in [0.29, 0.717) is 40.7 Å². The predicted molar refractivity (Wildman–Crippen MR) is 119 cm³/mol. The quantitative estimate of drug-likeness (QED) is 0.391. The molecule has 33 heavy (non-hydrogen) atoms. The standard InChI is InChI=1S/C24H17FN4O4/c25-15-9-17-16(27-11-28-17)8-13(15)10-29-18-4-3-12-5-7-33-22(12)20(18)19(21(29)24(31)32)14-2-1-6-26-23(14)30/h1-4,6,8-9,11H,5,7,10H2,(H,26,30)(H,27,28)(H,31,32). The largest absolute Gasteiger partial charge is 0.492 e. The van der Waals surface area contributed by atoms with Crippen molar-refractivity contribution in [3.63, 3.8) is 0 Å². The molecule has 164 valence electrons. The Bertz CT molecular complexity index is 1650. The molecular formula is C24H17FN4O4. The highest BCUT2D eigenvalue weighted by atomic mass is 19.1. The van der Waals surface area contributed by atoms with E-state index in [2.05, 4.69) is 15.0 Å². The Morgan fingerprint density at radius 3 is 2.94 bits per heavy atom. The molecule has 8 nitrogen and oxygen atoms in total. The molecule has 0 aliphatic carbocycles. The molecule has 6 rings (SSSR count). The molecule has 0 bridgehead atoms. The number of halogens is 1. The van der Waals surface area contributed by atoms with Gasteiger partial charge in [0.05, 0.1) is 47.0 Å². The van der Waals surface area contributed by atoms with Crippen LogP contribution in [0.5, 0.6) is 5.75 Å². The summed E-state index contributed by atoms with van der Waals surface area (Å²) in [6.45, 7) is 0.410. The van der Waals surface area contributed by atoms with Gasteiger partial charge in [-0.2, -0.15) is 0 Å². The van der Waals surface area contributed by atoms with E-state index in [1.165, 1.54) is 23.2 Å². The molecule has 5 aromatic rings. The lowest BCUT2D eigenvalue weighted by Crippen LogP contribution is -2.14. The number of carboxylic acids is 1. The average molecular weight is 444 g/mol. The molecule has 3 N–H and O–H groups in total. The Kier molecular flexibility index (Phi) is 4.13. The summed E-state index contributed by atoms with van der Waals surface area (Å²) in [6, 6.07) is 9.85. The maximum Gasteiger partial charge on any atom is 0.353 e. The molecule has 0 radical (unpaired) electrons. The lowest BCUT2D eigenvalue weighted by atomic mass is 10.0. The summed E-state index contributed by atoms with van der Waals surface area (Å²) >= 11 is 0. The number of nitrogens with one attached hydrogen (secondary N) is 2. The number of pyridine rings is 1. The van der Waals surface area contributed by atoms with E-state index in [-0.39, 0.29) is 28.9 Å². The number of fused-ring (bicyclic) bond motifs is 4. The van der Waals surface area contributed by atoms with Crippen LogP contribution in [0, 0.1) is 5.82 Å². The maximum atomic E-state index is 14.9. The number of hydrogen-bond acceptors (Lipinski definition) is 4. The summed E-state index contributed by atoms with van der Waals surface area (Å²) in [7, 11) is 0. The zero-order valence-corrected chi connectivity index (χ0v) is 17.2. The minimum Gasteiger partial charge on any atom is -0.492 e. The molecule has 2 aromatic carbocycles. The number of ether oxygens (including phenoxy) is 1. The van der Waals surface area contributed by atoms with Crippen molar-refractivity contribution in [2.45, 2.75) is 13.0 Å². The molecule has 0 saturated heterocycles. The van der Waals surface area contributed by atoms with Gasteiger partial charge in [0.1, 0.15) is 17.3 Å². The van der Waals surface area contributed by atoms with Gasteiger partial charge in [-0.3, -0.25) is 4.79 Å². The minimum absolute atomic E-state index is 0.0592. The summed E-state index contributed by atoms with van der Waals surface area (Å²) < 4.78 is 22.3. The van der Waals surface area contributed by atoms with Crippen LogP contribution in [0.1, 0.15) is 21.6 Å². The van der Waals surface area contributed by atoms with Crippen LogP contribution in [0.25, 0.3) is 33.1 Å². The number of aromatic carboxylic acids is 1. The number of imidazole rings is 1. The highest BCUT2D eigenvalue weighted by Crippen LogP contribution is 2.43. The summed E-state index contributed by atoms with van der Waals surface area (Å²) in [5, 5.41) is 10.8. The lowest BCUT2D eigenvalue weighted by Gasteiger charge is -2.11. The Morgan fingerprint density at radius 1 is 1.24 bits per heavy atom. The van der Waals surface area contributed by atoms with Crippen LogP contribution < -0.4 is 10.3 Å². The third kappa shape index (κ3) is 2.85. The number of aromatic nitrogens is 4. The van der Waals surface area contributed by atoms with Crippen molar-refractivity contribution < 1.29 is 19.0 Å². The number of carbonyl (C=O) groups is 1. The molecule has 0 fully saturated rings. The maximum absolute atomic E-state index is 14.9. The van der Waals surface area contributed by atoms with Crippen molar-refractivity contribution in [1.82, 2.24) is 19.5 Å². The van der Waals surface area contributed by atoms with Crippen molar-refractivity contribution in [2.24, 2.45) is 0 Å². The minimum atomic E-state index is -1.22. The van der Waals surface area contributed by atoms with Gasteiger partial charge in [0.2, 0.25) is 0 Å². The molecule has 0 amide bonds. The Labute approximate surface area is 185 Å². The fourth-order valence-corrected chi connectivity index (χ4v) is 4.64. The molecule has 0 saturated carbocycles. The molecule has 0 atom stereocenters. The first-order valence-electron chi connectivity index (χ1n) is 10.4. The number of H-pyrrole nitrogens is 2. The highest BCUT2D eigenvalue weighted by molar-refractivity contribution is 6.11. The first kappa shape index (κ1) is 19.3. The second kappa shape index (κ2) is 7.06. The summed E-state index contributed by atoms with van der Waals surface area (Å²) in [5.41, 5.74) is 2.85. The van der Waals surface area contributed by atoms with Crippen LogP contribution in [0.15, 0.2) is 53.7 Å². The number of nitrogens with zero attached hydrogens (tertiary/aromatic N) is 2. The molecule has 0 unspecified atom stereocenters. The predicted octanol–water partition coefficient (Wildman–Crippen LogP) is 3.69. The molecule has 3 aromatic heterocycles. The summed E-state index contributed by atoms with van der Waals surface area (Å²) in [5.74, 6) is -1.14. The smallest absolute Gasteiger partial charge is 0.353 e. The monoisotopic (exact) mass is 444 g/mol. The molecule has 0 spiro atoms. The van der Waals surface area contributed by atoms with Crippen LogP contribution in [-0.2, 0) is 13.0 Å². The highest BCUT2D eigenvalue weighted by Gasteiger charge is 2.30. The van der Waals surface area contributed by atoms with Gasteiger partial charge in [-0.15, -0.1) is 0 Å². The number of benzene rings is 2. The molecule has 9 heteroatoms. The van der Waals surface area contributed by atoms with Crippen molar-refractivity contribution in [2.75, 3.05) is 6.61 Å². The van der Waals surface area contributed by atoms with Gasteiger partial charge in [0.15, 0.2) is 0 Å². The first-order chi connectivity index (χ1) is 16.0. The second-order valence-electron chi connectivity index (χ2n) is 7.94. The van der Waals surface area contributed by atoms with Gasteiger partial charge in [-0.1, -0.05) is 6.07 Å². The topological polar surface area (TPSA) is 113 Å².